The third kappa shape index (κ3) is 1.31. The van der Waals surface area contributed by atoms with Crippen LogP contribution in [0.2, 0.25) is 0 Å². The van der Waals surface area contributed by atoms with E-state index < -0.39 is 5.97 Å². The number of nitrogens with zero attached hydrogens (tertiary/aromatic N) is 2. The molecule has 2 radical (unpaired) electrons. The molecule has 64 valence electrons. The maximum Gasteiger partial charge on any atom is 0.356 e. The van der Waals surface area contributed by atoms with E-state index in [-0.39, 0.29) is 11.5 Å². The molecule has 6 heteroatoms. The largest absolute Gasteiger partial charge is 0.476 e. The van der Waals surface area contributed by atoms with Crippen molar-refractivity contribution < 1.29 is 14.4 Å². The Balaban J connectivity index is 2.52. The predicted molar refractivity (Wildman–Crippen MR) is 42.2 cm³/mol. The Labute approximate surface area is 76.6 Å². The topological polar surface area (TPSA) is 76.2 Å². The molecule has 2 rings (SSSR count). The number of carboxylic acids is 1. The Hall–Kier alpha value is -1.69. The van der Waals surface area contributed by atoms with Crippen molar-refractivity contribution >= 4 is 17.3 Å². The summed E-state index contributed by atoms with van der Waals surface area (Å²) in [7, 11) is 0. The van der Waals surface area contributed by atoms with Crippen LogP contribution in [-0.4, -0.2) is 21.2 Å². The van der Waals surface area contributed by atoms with Crippen LogP contribution in [0.3, 0.4) is 0 Å². The summed E-state index contributed by atoms with van der Waals surface area (Å²) in [6, 6.07) is 2.54. The second kappa shape index (κ2) is 2.98. The van der Waals surface area contributed by atoms with E-state index in [0.717, 1.165) is 11.3 Å². The number of rotatable bonds is 2. The SMILES string of the molecule is O=C(O)c1ncsc1-c1[c][c]no1. The molecule has 5 nitrogen and oxygen atoms in total. The highest BCUT2D eigenvalue weighted by Crippen LogP contribution is 2.26. The molecular formula is C7H2N2O3S. The monoisotopic (exact) mass is 194 g/mol. The van der Waals surface area contributed by atoms with Gasteiger partial charge in [-0.25, -0.2) is 9.78 Å². The molecule has 13 heavy (non-hydrogen) atoms. The van der Waals surface area contributed by atoms with E-state index in [1.165, 1.54) is 5.51 Å². The lowest BCUT2D eigenvalue weighted by Crippen LogP contribution is -1.97. The smallest absolute Gasteiger partial charge is 0.356 e. The first kappa shape index (κ1) is 7.93. The lowest BCUT2D eigenvalue weighted by atomic mass is 10.3. The average molecular weight is 194 g/mol. The first-order valence-corrected chi connectivity index (χ1v) is 4.09. The zero-order valence-corrected chi connectivity index (χ0v) is 6.96. The summed E-state index contributed by atoms with van der Waals surface area (Å²) in [4.78, 5) is 14.7. The highest BCUT2D eigenvalue weighted by atomic mass is 32.1. The molecule has 2 aromatic heterocycles. The molecule has 0 fully saturated rings. The molecule has 0 atom stereocenters. The van der Waals surface area contributed by atoms with Crippen molar-refractivity contribution in [2.24, 2.45) is 0 Å². The molecule has 0 aromatic carbocycles. The van der Waals surface area contributed by atoms with Crippen molar-refractivity contribution in [3.05, 3.63) is 23.5 Å². The average Bonchev–Trinajstić information content (AvgIpc) is 2.74. The van der Waals surface area contributed by atoms with Gasteiger partial charge in [-0.15, -0.1) is 11.3 Å². The van der Waals surface area contributed by atoms with Crippen LogP contribution in [0.25, 0.3) is 10.6 Å². The Kier molecular flexibility index (Phi) is 1.82. The van der Waals surface area contributed by atoms with Crippen molar-refractivity contribution in [3.8, 4) is 10.6 Å². The molecule has 0 aliphatic rings. The van der Waals surface area contributed by atoms with Gasteiger partial charge in [0.25, 0.3) is 0 Å². The van der Waals surface area contributed by atoms with E-state index in [1.807, 2.05) is 0 Å². The summed E-state index contributed by atoms with van der Waals surface area (Å²) < 4.78 is 4.71. The van der Waals surface area contributed by atoms with Gasteiger partial charge in [-0.3, -0.25) is 0 Å². The van der Waals surface area contributed by atoms with Crippen molar-refractivity contribution in [3.63, 3.8) is 0 Å². The lowest BCUT2D eigenvalue weighted by molar-refractivity contribution is 0.0692. The van der Waals surface area contributed by atoms with Crippen LogP contribution in [0.5, 0.6) is 0 Å². The molecular weight excluding hydrogens is 192 g/mol. The predicted octanol–water partition coefficient (Wildman–Crippen LogP) is 1.10. The summed E-state index contributed by atoms with van der Waals surface area (Å²) >= 11 is 1.16. The fourth-order valence-electron chi connectivity index (χ4n) is 0.823. The van der Waals surface area contributed by atoms with Gasteiger partial charge < -0.3 is 9.63 Å². The van der Waals surface area contributed by atoms with Crippen molar-refractivity contribution in [2.75, 3.05) is 0 Å². The van der Waals surface area contributed by atoms with Gasteiger partial charge in [-0.05, 0) is 0 Å². The van der Waals surface area contributed by atoms with E-state index >= 15 is 0 Å². The molecule has 0 unspecified atom stereocenters. The summed E-state index contributed by atoms with van der Waals surface area (Å²) in [6.07, 6.45) is 2.33. The van der Waals surface area contributed by atoms with Crippen molar-refractivity contribution in [1.29, 1.82) is 0 Å². The van der Waals surface area contributed by atoms with E-state index in [2.05, 4.69) is 22.4 Å². The molecule has 2 aromatic rings. The van der Waals surface area contributed by atoms with E-state index in [1.54, 1.807) is 0 Å². The minimum atomic E-state index is -1.10. The van der Waals surface area contributed by atoms with Gasteiger partial charge in [-0.2, -0.15) is 0 Å². The number of thiazole rings is 1. The van der Waals surface area contributed by atoms with Crippen molar-refractivity contribution in [1.82, 2.24) is 10.1 Å². The van der Waals surface area contributed by atoms with Crippen LogP contribution < -0.4 is 0 Å². The van der Waals surface area contributed by atoms with E-state index in [0.29, 0.717) is 4.88 Å². The maximum absolute atomic E-state index is 10.6. The third-order valence-corrected chi connectivity index (χ3v) is 2.15. The molecule has 1 N–H and O–H groups in total. The maximum atomic E-state index is 10.6. The zero-order valence-electron chi connectivity index (χ0n) is 6.14. The molecule has 0 spiro atoms. The highest BCUT2D eigenvalue weighted by Gasteiger charge is 2.17. The number of hydrogen-bond donors (Lipinski definition) is 1. The normalized spacial score (nSPS) is 10.2. The van der Waals surface area contributed by atoms with Crippen molar-refractivity contribution in [2.45, 2.75) is 0 Å². The van der Waals surface area contributed by atoms with Gasteiger partial charge in [-0.1, -0.05) is 5.16 Å². The van der Waals surface area contributed by atoms with Gasteiger partial charge in [0.15, 0.2) is 11.5 Å². The van der Waals surface area contributed by atoms with Crippen LogP contribution in [0, 0.1) is 12.3 Å². The van der Waals surface area contributed by atoms with E-state index in [4.69, 9.17) is 9.63 Å². The zero-order chi connectivity index (χ0) is 9.26. The van der Waals surface area contributed by atoms with Gasteiger partial charge in [0, 0.05) is 0 Å². The second-order valence-electron chi connectivity index (χ2n) is 2.08. The van der Waals surface area contributed by atoms with Crippen LogP contribution in [0.4, 0.5) is 0 Å². The molecule has 0 saturated heterocycles. The fourth-order valence-corrected chi connectivity index (χ4v) is 1.53. The molecule has 0 aliphatic carbocycles. The summed E-state index contributed by atoms with van der Waals surface area (Å²) in [5.74, 6) is -0.846. The Morgan fingerprint density at radius 3 is 3.15 bits per heavy atom. The van der Waals surface area contributed by atoms with Crippen LogP contribution >= 0.6 is 11.3 Å². The molecule has 0 saturated carbocycles. The molecule has 2 heterocycles. The lowest BCUT2D eigenvalue weighted by Gasteiger charge is -1.89. The molecule has 0 amide bonds. The van der Waals surface area contributed by atoms with Crippen LogP contribution in [0.1, 0.15) is 10.5 Å². The number of carbonyl (C=O) groups is 1. The fraction of sp³-hybridized carbons (Fsp3) is 0. The Morgan fingerprint density at radius 1 is 1.69 bits per heavy atom. The van der Waals surface area contributed by atoms with E-state index in [9.17, 15) is 4.79 Å². The second-order valence-corrected chi connectivity index (χ2v) is 2.94. The van der Waals surface area contributed by atoms with Gasteiger partial charge >= 0.3 is 5.97 Å². The summed E-state index contributed by atoms with van der Waals surface area (Å²) in [5, 5.41) is 12.0. The van der Waals surface area contributed by atoms with Crippen LogP contribution in [0.15, 0.2) is 10.0 Å². The summed E-state index contributed by atoms with van der Waals surface area (Å²) in [6.45, 7) is 0. The standard InChI is InChI=1S/C7H2N2O3S/c10-7(11)5-6(13-3-8-5)4-1-2-9-12-4/h3H,(H,10,11). The minimum Gasteiger partial charge on any atom is -0.476 e. The highest BCUT2D eigenvalue weighted by molar-refractivity contribution is 7.13. The Bertz CT molecular complexity index is 421. The first-order chi connectivity index (χ1) is 6.29. The van der Waals surface area contributed by atoms with Crippen LogP contribution in [-0.2, 0) is 0 Å². The quantitative estimate of drug-likeness (QED) is 0.774. The number of aromatic carboxylic acids is 1. The Morgan fingerprint density at radius 2 is 2.54 bits per heavy atom. The third-order valence-electron chi connectivity index (χ3n) is 1.33. The number of hydrogen-bond acceptors (Lipinski definition) is 5. The van der Waals surface area contributed by atoms with Gasteiger partial charge in [0.05, 0.1) is 11.6 Å². The number of aromatic nitrogens is 2. The summed E-state index contributed by atoms with van der Waals surface area (Å²) in [5.41, 5.74) is 1.38. The number of carboxylic acid groups (broad SMARTS) is 1. The van der Waals surface area contributed by atoms with Gasteiger partial charge in [0.2, 0.25) is 0 Å². The molecule has 0 aliphatic heterocycles. The minimum absolute atomic E-state index is 0.0496. The molecule has 0 bridgehead atoms. The first-order valence-electron chi connectivity index (χ1n) is 3.21. The van der Waals surface area contributed by atoms with Gasteiger partial charge in [0.1, 0.15) is 11.1 Å².